The minimum absolute atomic E-state index is 0.0213. The highest BCUT2D eigenvalue weighted by Gasteiger charge is 2.36. The fraction of sp³-hybridized carbons (Fsp3) is 0.286. The van der Waals surface area contributed by atoms with Crippen LogP contribution in [0.1, 0.15) is 36.0 Å². The van der Waals surface area contributed by atoms with E-state index in [-0.39, 0.29) is 36.2 Å². The third-order valence-corrected chi connectivity index (χ3v) is 8.53. The van der Waals surface area contributed by atoms with Crippen molar-refractivity contribution in [3.63, 3.8) is 0 Å². The molecule has 1 atom stereocenters. The summed E-state index contributed by atoms with van der Waals surface area (Å²) in [6.45, 7) is 0.433. The summed E-state index contributed by atoms with van der Waals surface area (Å²) in [5, 5.41) is 5.83. The van der Waals surface area contributed by atoms with Crippen molar-refractivity contribution in [3.8, 4) is 0 Å². The molecule has 1 saturated heterocycles. The SMILES string of the molecule is O=C(Cc1ccc(CN([C@@H]2CCCCNC2=O)S(=O)(=O)c2ccc(Cl)cc2)cc1)NCc1cc(F)cc(F)c1. The molecular weight excluding hydrogens is 548 g/mol. The number of sulfonamides is 1. The van der Waals surface area contributed by atoms with Gasteiger partial charge in [-0.3, -0.25) is 9.59 Å². The van der Waals surface area contributed by atoms with E-state index in [2.05, 4.69) is 10.6 Å². The molecule has 39 heavy (non-hydrogen) atoms. The second kappa shape index (κ2) is 12.7. The Morgan fingerprint density at radius 2 is 1.59 bits per heavy atom. The van der Waals surface area contributed by atoms with Gasteiger partial charge in [-0.05, 0) is 72.4 Å². The van der Waals surface area contributed by atoms with Crippen LogP contribution in [0.15, 0.2) is 71.6 Å². The molecule has 0 radical (unpaired) electrons. The van der Waals surface area contributed by atoms with E-state index >= 15 is 0 Å². The van der Waals surface area contributed by atoms with E-state index in [4.69, 9.17) is 11.6 Å². The summed E-state index contributed by atoms with van der Waals surface area (Å²) in [4.78, 5) is 25.2. The van der Waals surface area contributed by atoms with Crippen LogP contribution in [0.25, 0.3) is 0 Å². The van der Waals surface area contributed by atoms with Gasteiger partial charge in [0.25, 0.3) is 0 Å². The Balaban J connectivity index is 1.48. The van der Waals surface area contributed by atoms with Crippen LogP contribution in [0.5, 0.6) is 0 Å². The lowest BCUT2D eigenvalue weighted by Gasteiger charge is -2.29. The Morgan fingerprint density at radius 3 is 2.26 bits per heavy atom. The van der Waals surface area contributed by atoms with Crippen molar-refractivity contribution in [1.82, 2.24) is 14.9 Å². The summed E-state index contributed by atoms with van der Waals surface area (Å²) in [7, 11) is -4.04. The zero-order valence-electron chi connectivity index (χ0n) is 21.0. The first-order chi connectivity index (χ1) is 18.6. The lowest BCUT2D eigenvalue weighted by Crippen LogP contribution is -2.48. The molecule has 3 aromatic carbocycles. The molecule has 0 bridgehead atoms. The first-order valence-electron chi connectivity index (χ1n) is 12.5. The van der Waals surface area contributed by atoms with Gasteiger partial charge >= 0.3 is 0 Å². The highest BCUT2D eigenvalue weighted by molar-refractivity contribution is 7.89. The maximum atomic E-state index is 13.7. The van der Waals surface area contributed by atoms with Crippen LogP contribution in [0, 0.1) is 11.6 Å². The van der Waals surface area contributed by atoms with Gasteiger partial charge in [-0.2, -0.15) is 4.31 Å². The van der Waals surface area contributed by atoms with Crippen LogP contribution in [0.4, 0.5) is 8.78 Å². The van der Waals surface area contributed by atoms with E-state index < -0.39 is 27.7 Å². The number of amides is 2. The molecule has 1 aliphatic heterocycles. The van der Waals surface area contributed by atoms with Crippen molar-refractivity contribution in [1.29, 1.82) is 0 Å². The summed E-state index contributed by atoms with van der Waals surface area (Å²) in [5.74, 6) is -2.11. The Bertz CT molecular complexity index is 1410. The maximum absolute atomic E-state index is 13.7. The molecule has 4 rings (SSSR count). The second-order valence-electron chi connectivity index (χ2n) is 9.35. The molecule has 2 amide bonds. The Morgan fingerprint density at radius 1 is 0.949 bits per heavy atom. The fourth-order valence-electron chi connectivity index (χ4n) is 4.41. The van der Waals surface area contributed by atoms with E-state index in [1.165, 1.54) is 28.6 Å². The van der Waals surface area contributed by atoms with Gasteiger partial charge in [0, 0.05) is 30.7 Å². The molecule has 2 N–H and O–H groups in total. The second-order valence-corrected chi connectivity index (χ2v) is 11.7. The number of hydrogen-bond acceptors (Lipinski definition) is 4. The van der Waals surface area contributed by atoms with Gasteiger partial charge in [-0.25, -0.2) is 17.2 Å². The van der Waals surface area contributed by atoms with Crippen molar-refractivity contribution in [2.75, 3.05) is 6.54 Å². The molecule has 0 spiro atoms. The number of carbonyl (C=O) groups is 2. The Hall–Kier alpha value is -3.34. The average Bonchev–Trinajstić information content (AvgIpc) is 3.10. The van der Waals surface area contributed by atoms with E-state index in [0.717, 1.165) is 24.6 Å². The van der Waals surface area contributed by atoms with Crippen LogP contribution < -0.4 is 10.6 Å². The first kappa shape index (κ1) is 28.7. The van der Waals surface area contributed by atoms with Crippen LogP contribution in [0.3, 0.4) is 0 Å². The lowest BCUT2D eigenvalue weighted by atomic mass is 10.1. The molecule has 11 heteroatoms. The standard InChI is InChI=1S/C28H28ClF2N3O4S/c29-22-8-10-25(11-9-22)39(37,38)34(26-3-1-2-12-32-28(26)36)18-20-6-4-19(5-7-20)15-27(35)33-17-21-13-23(30)16-24(31)14-21/h4-11,13-14,16,26H,1-3,12,15,17-18H2,(H,32,36)(H,33,35)/t26-/m1/s1. The molecule has 0 saturated carbocycles. The predicted octanol–water partition coefficient (Wildman–Crippen LogP) is 4.34. The van der Waals surface area contributed by atoms with Gasteiger partial charge in [-0.1, -0.05) is 35.9 Å². The summed E-state index contributed by atoms with van der Waals surface area (Å²) in [5.41, 5.74) is 1.62. The summed E-state index contributed by atoms with van der Waals surface area (Å²) in [6, 6.07) is 14.8. The average molecular weight is 576 g/mol. The predicted molar refractivity (Wildman–Crippen MR) is 143 cm³/mol. The lowest BCUT2D eigenvalue weighted by molar-refractivity contribution is -0.124. The highest BCUT2D eigenvalue weighted by Crippen LogP contribution is 2.26. The highest BCUT2D eigenvalue weighted by atomic mass is 35.5. The molecule has 206 valence electrons. The first-order valence-corrected chi connectivity index (χ1v) is 14.3. The molecule has 3 aromatic rings. The monoisotopic (exact) mass is 575 g/mol. The van der Waals surface area contributed by atoms with Gasteiger partial charge in [-0.15, -0.1) is 0 Å². The van der Waals surface area contributed by atoms with E-state index in [1.807, 2.05) is 0 Å². The van der Waals surface area contributed by atoms with Crippen molar-refractivity contribution in [2.24, 2.45) is 0 Å². The minimum atomic E-state index is -4.04. The largest absolute Gasteiger partial charge is 0.355 e. The molecule has 1 fully saturated rings. The van der Waals surface area contributed by atoms with Crippen LogP contribution in [0.2, 0.25) is 5.02 Å². The Kier molecular flexibility index (Phi) is 9.32. The van der Waals surface area contributed by atoms with Crippen molar-refractivity contribution >= 4 is 33.4 Å². The summed E-state index contributed by atoms with van der Waals surface area (Å²) in [6.07, 6.45) is 1.89. The zero-order chi connectivity index (χ0) is 28.0. The van der Waals surface area contributed by atoms with E-state index in [9.17, 15) is 26.8 Å². The molecule has 0 unspecified atom stereocenters. The van der Waals surface area contributed by atoms with Gasteiger partial charge in [0.2, 0.25) is 21.8 Å². The molecule has 0 aromatic heterocycles. The van der Waals surface area contributed by atoms with E-state index in [1.54, 1.807) is 24.3 Å². The van der Waals surface area contributed by atoms with Crippen LogP contribution >= 0.6 is 11.6 Å². The van der Waals surface area contributed by atoms with Crippen LogP contribution in [-0.4, -0.2) is 37.1 Å². The molecule has 7 nitrogen and oxygen atoms in total. The van der Waals surface area contributed by atoms with Gasteiger partial charge in [0.05, 0.1) is 11.3 Å². The number of halogens is 3. The molecule has 1 heterocycles. The molecular formula is C28H28ClF2N3O4S. The molecule has 0 aliphatic carbocycles. The minimum Gasteiger partial charge on any atom is -0.355 e. The summed E-state index contributed by atoms with van der Waals surface area (Å²) < 4.78 is 55.2. The van der Waals surface area contributed by atoms with Crippen molar-refractivity contribution in [3.05, 3.63) is 100 Å². The third kappa shape index (κ3) is 7.62. The number of benzene rings is 3. The fourth-order valence-corrected chi connectivity index (χ4v) is 6.14. The quantitative estimate of drug-likeness (QED) is 0.397. The normalized spacial score (nSPS) is 16.0. The number of hydrogen-bond donors (Lipinski definition) is 2. The van der Waals surface area contributed by atoms with Crippen LogP contribution in [-0.2, 0) is 39.1 Å². The Labute approximate surface area is 231 Å². The topological polar surface area (TPSA) is 95.6 Å². The zero-order valence-corrected chi connectivity index (χ0v) is 22.6. The maximum Gasteiger partial charge on any atom is 0.244 e. The van der Waals surface area contributed by atoms with Gasteiger partial charge < -0.3 is 10.6 Å². The van der Waals surface area contributed by atoms with Crippen molar-refractivity contribution < 1.29 is 26.8 Å². The number of carbonyl (C=O) groups excluding carboxylic acids is 2. The number of rotatable bonds is 9. The van der Waals surface area contributed by atoms with Crippen molar-refractivity contribution in [2.45, 2.75) is 49.7 Å². The van der Waals surface area contributed by atoms with E-state index in [0.29, 0.717) is 41.1 Å². The summed E-state index contributed by atoms with van der Waals surface area (Å²) >= 11 is 5.95. The van der Waals surface area contributed by atoms with Gasteiger partial charge in [0.1, 0.15) is 17.7 Å². The smallest absolute Gasteiger partial charge is 0.244 e. The number of nitrogens with one attached hydrogen (secondary N) is 2. The van der Waals surface area contributed by atoms with Gasteiger partial charge in [0.15, 0.2) is 0 Å². The molecule has 1 aliphatic rings. The third-order valence-electron chi connectivity index (χ3n) is 6.41. The number of nitrogens with zero attached hydrogens (tertiary/aromatic N) is 1.